The summed E-state index contributed by atoms with van der Waals surface area (Å²) in [6.45, 7) is 7.43. The standard InChI is InChI=1S/C22H22N2O4/c1-4-15-22(2,3)16-23-27-20(25)21(26)28-24-19(17-11-7-5-8-12-17)18-13-9-6-10-14-18/h4-14,16H,1,15H2,2-3H3/b23-16+. The molecule has 0 radical (unpaired) electrons. The van der Waals surface area contributed by atoms with Gasteiger partial charge in [-0.2, -0.15) is 0 Å². The molecule has 0 fully saturated rings. The van der Waals surface area contributed by atoms with Crippen LogP contribution in [-0.2, 0) is 19.3 Å². The fraction of sp³-hybridized carbons (Fsp3) is 0.182. The van der Waals surface area contributed by atoms with E-state index in [2.05, 4.69) is 21.7 Å². The van der Waals surface area contributed by atoms with Crippen LogP contribution in [-0.4, -0.2) is 23.9 Å². The summed E-state index contributed by atoms with van der Waals surface area (Å²) in [4.78, 5) is 33.0. The second-order valence-corrected chi connectivity index (χ2v) is 6.65. The van der Waals surface area contributed by atoms with Crippen molar-refractivity contribution < 1.29 is 19.3 Å². The van der Waals surface area contributed by atoms with Gasteiger partial charge in [0.25, 0.3) is 0 Å². The van der Waals surface area contributed by atoms with Crippen LogP contribution in [0.15, 0.2) is 83.6 Å². The first kappa shape index (κ1) is 20.8. The number of hydrogen-bond acceptors (Lipinski definition) is 6. The number of benzene rings is 2. The Bertz CT molecular complexity index is 830. The second-order valence-electron chi connectivity index (χ2n) is 6.65. The molecule has 0 amide bonds. The minimum atomic E-state index is -1.26. The fourth-order valence-corrected chi connectivity index (χ4v) is 2.27. The van der Waals surface area contributed by atoms with E-state index in [1.807, 2.05) is 74.5 Å². The summed E-state index contributed by atoms with van der Waals surface area (Å²) in [5.41, 5.74) is 1.54. The normalized spacial score (nSPS) is 10.9. The molecule has 144 valence electrons. The molecular formula is C22H22N2O4. The van der Waals surface area contributed by atoms with Gasteiger partial charge in [0, 0.05) is 16.5 Å². The summed E-state index contributed by atoms with van der Waals surface area (Å²) in [5.74, 6) is -2.52. The third-order valence-corrected chi connectivity index (χ3v) is 3.69. The molecule has 0 saturated heterocycles. The Kier molecular flexibility index (Phi) is 7.39. The van der Waals surface area contributed by atoms with Gasteiger partial charge in [-0.25, -0.2) is 9.59 Å². The fourth-order valence-electron chi connectivity index (χ4n) is 2.27. The maximum Gasteiger partial charge on any atom is 0.445 e. The lowest BCUT2D eigenvalue weighted by Gasteiger charge is -2.14. The molecular weight excluding hydrogens is 356 g/mol. The van der Waals surface area contributed by atoms with Crippen molar-refractivity contribution in [2.75, 3.05) is 0 Å². The molecule has 2 aromatic rings. The monoisotopic (exact) mass is 378 g/mol. The molecule has 6 nitrogen and oxygen atoms in total. The predicted molar refractivity (Wildman–Crippen MR) is 108 cm³/mol. The van der Waals surface area contributed by atoms with Crippen molar-refractivity contribution in [1.82, 2.24) is 0 Å². The van der Waals surface area contributed by atoms with E-state index < -0.39 is 11.9 Å². The summed E-state index contributed by atoms with van der Waals surface area (Å²) < 4.78 is 0. The number of rotatable bonds is 7. The molecule has 0 heterocycles. The molecule has 0 aliphatic carbocycles. The third-order valence-electron chi connectivity index (χ3n) is 3.69. The van der Waals surface area contributed by atoms with Gasteiger partial charge in [-0.15, -0.1) is 6.58 Å². The number of carbonyl (C=O) groups is 2. The number of oxime groups is 2. The van der Waals surface area contributed by atoms with Gasteiger partial charge in [0.2, 0.25) is 0 Å². The Morgan fingerprint density at radius 1 is 0.929 bits per heavy atom. The van der Waals surface area contributed by atoms with E-state index in [0.29, 0.717) is 12.1 Å². The van der Waals surface area contributed by atoms with Gasteiger partial charge in [0.15, 0.2) is 0 Å². The van der Waals surface area contributed by atoms with E-state index in [4.69, 9.17) is 4.84 Å². The molecule has 0 aromatic heterocycles. The minimum absolute atomic E-state index is 0.349. The SMILES string of the molecule is C=CCC(C)(C)/C=N/OC(=O)C(=O)ON=C(c1ccccc1)c1ccccc1. The zero-order valence-electron chi connectivity index (χ0n) is 15.9. The molecule has 6 heteroatoms. The van der Waals surface area contributed by atoms with Gasteiger partial charge < -0.3 is 9.68 Å². The van der Waals surface area contributed by atoms with Crippen LogP contribution >= 0.6 is 0 Å². The zero-order valence-corrected chi connectivity index (χ0v) is 15.9. The van der Waals surface area contributed by atoms with Crippen molar-refractivity contribution in [2.45, 2.75) is 20.3 Å². The van der Waals surface area contributed by atoms with E-state index in [1.165, 1.54) is 6.21 Å². The van der Waals surface area contributed by atoms with Gasteiger partial charge in [-0.05, 0) is 6.42 Å². The molecule has 2 aromatic carbocycles. The van der Waals surface area contributed by atoms with E-state index >= 15 is 0 Å². The van der Waals surface area contributed by atoms with Crippen LogP contribution < -0.4 is 0 Å². The first-order valence-corrected chi connectivity index (χ1v) is 8.69. The Balaban J connectivity index is 2.09. The van der Waals surface area contributed by atoms with Gasteiger partial charge in [0.1, 0.15) is 5.71 Å². The van der Waals surface area contributed by atoms with E-state index in [0.717, 1.165) is 11.1 Å². The lowest BCUT2D eigenvalue weighted by atomic mass is 9.91. The van der Waals surface area contributed by atoms with Crippen molar-refractivity contribution in [2.24, 2.45) is 15.7 Å². The number of hydrogen-bond donors (Lipinski definition) is 0. The van der Waals surface area contributed by atoms with E-state index in [-0.39, 0.29) is 5.41 Å². The average Bonchev–Trinajstić information content (AvgIpc) is 2.69. The maximum atomic E-state index is 11.9. The largest absolute Gasteiger partial charge is 0.445 e. The van der Waals surface area contributed by atoms with Gasteiger partial charge >= 0.3 is 11.9 Å². The minimum Gasteiger partial charge on any atom is -0.306 e. The highest BCUT2D eigenvalue weighted by Gasteiger charge is 2.20. The van der Waals surface area contributed by atoms with Crippen LogP contribution in [0.4, 0.5) is 0 Å². The molecule has 0 saturated carbocycles. The first-order chi connectivity index (χ1) is 13.4. The molecule has 0 bridgehead atoms. The summed E-state index contributed by atoms with van der Waals surface area (Å²) >= 11 is 0. The van der Waals surface area contributed by atoms with Crippen LogP contribution in [0, 0.1) is 5.41 Å². The molecule has 28 heavy (non-hydrogen) atoms. The van der Waals surface area contributed by atoms with Crippen LogP contribution in [0.3, 0.4) is 0 Å². The Labute approximate surface area is 164 Å². The summed E-state index contributed by atoms with van der Waals surface area (Å²) in [7, 11) is 0. The highest BCUT2D eigenvalue weighted by molar-refractivity contribution is 6.29. The maximum absolute atomic E-state index is 11.9. The third kappa shape index (κ3) is 6.32. The van der Waals surface area contributed by atoms with Crippen LogP contribution in [0.25, 0.3) is 0 Å². The Morgan fingerprint density at radius 3 is 1.93 bits per heavy atom. The summed E-state index contributed by atoms with van der Waals surface area (Å²) in [6, 6.07) is 18.4. The van der Waals surface area contributed by atoms with Gasteiger partial charge in [-0.3, -0.25) is 0 Å². The van der Waals surface area contributed by atoms with Crippen molar-refractivity contribution in [3.63, 3.8) is 0 Å². The molecule has 0 spiro atoms. The topological polar surface area (TPSA) is 77.3 Å². The molecule has 0 N–H and O–H groups in total. The predicted octanol–water partition coefficient (Wildman–Crippen LogP) is 4.11. The second kappa shape index (κ2) is 9.97. The Morgan fingerprint density at radius 2 is 1.43 bits per heavy atom. The van der Waals surface area contributed by atoms with Crippen molar-refractivity contribution >= 4 is 23.9 Å². The van der Waals surface area contributed by atoms with Crippen molar-refractivity contribution in [3.05, 3.63) is 84.4 Å². The van der Waals surface area contributed by atoms with Crippen LogP contribution in [0.1, 0.15) is 31.4 Å². The van der Waals surface area contributed by atoms with Crippen molar-refractivity contribution in [1.29, 1.82) is 0 Å². The average molecular weight is 378 g/mol. The molecule has 2 rings (SSSR count). The molecule has 0 atom stereocenters. The highest BCUT2D eigenvalue weighted by Crippen LogP contribution is 2.17. The first-order valence-electron chi connectivity index (χ1n) is 8.69. The summed E-state index contributed by atoms with van der Waals surface area (Å²) in [6.07, 6.45) is 3.80. The van der Waals surface area contributed by atoms with Crippen molar-refractivity contribution in [3.8, 4) is 0 Å². The number of allylic oxidation sites excluding steroid dienone is 1. The van der Waals surface area contributed by atoms with Crippen LogP contribution in [0.5, 0.6) is 0 Å². The lowest BCUT2D eigenvalue weighted by molar-refractivity contribution is -0.167. The van der Waals surface area contributed by atoms with Gasteiger partial charge in [-0.1, -0.05) is 90.9 Å². The Hall–Kier alpha value is -3.54. The molecule has 0 unspecified atom stereocenters. The van der Waals surface area contributed by atoms with E-state index in [1.54, 1.807) is 6.08 Å². The molecule has 0 aliphatic rings. The lowest BCUT2D eigenvalue weighted by Crippen LogP contribution is -2.19. The zero-order chi connectivity index (χ0) is 20.4. The quantitative estimate of drug-likeness (QED) is 0.239. The number of nitrogens with zero attached hydrogens (tertiary/aromatic N) is 2. The van der Waals surface area contributed by atoms with Gasteiger partial charge in [0.05, 0.1) is 6.21 Å². The van der Waals surface area contributed by atoms with E-state index in [9.17, 15) is 9.59 Å². The van der Waals surface area contributed by atoms with Crippen LogP contribution in [0.2, 0.25) is 0 Å². The molecule has 0 aliphatic heterocycles. The number of carbonyl (C=O) groups excluding carboxylic acids is 2. The highest BCUT2D eigenvalue weighted by atomic mass is 16.7. The summed E-state index contributed by atoms with van der Waals surface area (Å²) in [5, 5.41) is 7.43. The smallest absolute Gasteiger partial charge is 0.306 e.